The molecule has 0 unspecified atom stereocenters. The Morgan fingerprint density at radius 3 is 1.05 bits per heavy atom. The highest BCUT2D eigenvalue weighted by Gasteiger charge is 2.34. The predicted molar refractivity (Wildman–Crippen MR) is 86.5 cm³/mol. The molecule has 0 saturated heterocycles. The minimum atomic E-state index is 0.213. The van der Waals surface area contributed by atoms with Gasteiger partial charge in [0.1, 0.15) is 0 Å². The largest absolute Gasteiger partial charge is 0.374 e. The molecule has 1 nitrogen and oxygen atoms in total. The Morgan fingerprint density at radius 1 is 0.632 bits per heavy atom. The molecule has 0 aliphatic heterocycles. The molecule has 0 amide bonds. The van der Waals surface area contributed by atoms with E-state index in [4.69, 9.17) is 4.74 Å². The second-order valence-electron chi connectivity index (χ2n) is 9.10. The van der Waals surface area contributed by atoms with Gasteiger partial charge in [-0.25, -0.2) is 0 Å². The summed E-state index contributed by atoms with van der Waals surface area (Å²) in [5.74, 6) is 1.37. The van der Waals surface area contributed by atoms with E-state index in [-0.39, 0.29) is 10.8 Å². The predicted octanol–water partition coefficient (Wildman–Crippen LogP) is 5.92. The van der Waals surface area contributed by atoms with Gasteiger partial charge in [0.15, 0.2) is 0 Å². The third kappa shape index (κ3) is 7.97. The molecule has 0 aromatic carbocycles. The molecule has 0 aromatic rings. The fourth-order valence-corrected chi connectivity index (χ4v) is 2.28. The molecule has 0 N–H and O–H groups in total. The number of rotatable bonds is 6. The van der Waals surface area contributed by atoms with Gasteiger partial charge in [-0.3, -0.25) is 0 Å². The quantitative estimate of drug-likeness (QED) is 0.581. The maximum atomic E-state index is 6.60. The monoisotopic (exact) mass is 270 g/mol. The maximum Gasteiger partial charge on any atom is 0.0629 e. The van der Waals surface area contributed by atoms with Crippen molar-refractivity contribution in [2.75, 3.05) is 0 Å². The Labute approximate surface area is 122 Å². The second-order valence-corrected chi connectivity index (χ2v) is 9.10. The number of hydrogen-bond acceptors (Lipinski definition) is 1. The molecule has 0 aliphatic carbocycles. The molecular formula is C18H38O. The van der Waals surface area contributed by atoms with E-state index in [0.29, 0.717) is 24.0 Å². The molecule has 0 rings (SSSR count). The van der Waals surface area contributed by atoms with Crippen molar-refractivity contribution < 1.29 is 4.74 Å². The molecule has 0 bridgehead atoms. The summed E-state index contributed by atoms with van der Waals surface area (Å²) in [6.45, 7) is 23.0. The first-order valence-electron chi connectivity index (χ1n) is 7.99. The van der Waals surface area contributed by atoms with Crippen molar-refractivity contribution in [1.29, 1.82) is 0 Å². The van der Waals surface area contributed by atoms with E-state index in [1.807, 2.05) is 0 Å². The van der Waals surface area contributed by atoms with Gasteiger partial charge in [-0.1, -0.05) is 69.2 Å². The van der Waals surface area contributed by atoms with Gasteiger partial charge in [0, 0.05) is 0 Å². The standard InChI is InChI=1S/C18H38O/c1-13(2)11-15(17(5,6)7)19-16(12-14(3)4)18(8,9)10/h13-16H,11-12H2,1-10H3/t15-,16+. The van der Waals surface area contributed by atoms with Crippen LogP contribution in [-0.4, -0.2) is 12.2 Å². The zero-order valence-electron chi connectivity index (χ0n) is 15.1. The third-order valence-electron chi connectivity index (χ3n) is 3.63. The van der Waals surface area contributed by atoms with Gasteiger partial charge < -0.3 is 4.74 Å². The molecule has 1 heteroatoms. The van der Waals surface area contributed by atoms with Crippen LogP contribution in [0, 0.1) is 22.7 Å². The summed E-state index contributed by atoms with van der Waals surface area (Å²) < 4.78 is 6.60. The zero-order chi connectivity index (χ0) is 15.4. The van der Waals surface area contributed by atoms with Crippen molar-refractivity contribution in [1.82, 2.24) is 0 Å². The average molecular weight is 271 g/mol. The Balaban J connectivity index is 4.93. The van der Waals surface area contributed by atoms with Gasteiger partial charge in [-0.05, 0) is 35.5 Å². The van der Waals surface area contributed by atoms with Crippen LogP contribution in [0.5, 0.6) is 0 Å². The molecule has 116 valence electrons. The lowest BCUT2D eigenvalue weighted by Crippen LogP contribution is -2.40. The molecule has 0 aliphatic rings. The molecule has 0 saturated carbocycles. The summed E-state index contributed by atoms with van der Waals surface area (Å²) in [7, 11) is 0. The van der Waals surface area contributed by atoms with Crippen LogP contribution in [0.2, 0.25) is 0 Å². The highest BCUT2D eigenvalue weighted by molar-refractivity contribution is 4.82. The summed E-state index contributed by atoms with van der Waals surface area (Å²) in [6.07, 6.45) is 2.98. The Hall–Kier alpha value is -0.0400. The molecular weight excluding hydrogens is 232 g/mol. The van der Waals surface area contributed by atoms with Crippen LogP contribution < -0.4 is 0 Å². The average Bonchev–Trinajstić information content (AvgIpc) is 2.10. The van der Waals surface area contributed by atoms with Crippen molar-refractivity contribution in [3.05, 3.63) is 0 Å². The van der Waals surface area contributed by atoms with Gasteiger partial charge in [0.25, 0.3) is 0 Å². The first-order chi connectivity index (χ1) is 8.34. The Kier molecular flexibility index (Phi) is 7.09. The van der Waals surface area contributed by atoms with E-state index in [2.05, 4.69) is 69.2 Å². The van der Waals surface area contributed by atoms with Gasteiger partial charge >= 0.3 is 0 Å². The van der Waals surface area contributed by atoms with Gasteiger partial charge in [-0.15, -0.1) is 0 Å². The summed E-state index contributed by atoms with van der Waals surface area (Å²) in [6, 6.07) is 0. The molecule has 0 fully saturated rings. The minimum absolute atomic E-state index is 0.213. The fourth-order valence-electron chi connectivity index (χ4n) is 2.28. The molecule has 0 heterocycles. The first kappa shape index (κ1) is 19.0. The van der Waals surface area contributed by atoms with E-state index in [1.54, 1.807) is 0 Å². The lowest BCUT2D eigenvalue weighted by Gasteiger charge is -2.40. The van der Waals surface area contributed by atoms with Crippen LogP contribution in [0.4, 0.5) is 0 Å². The van der Waals surface area contributed by atoms with E-state index < -0.39 is 0 Å². The Morgan fingerprint density at radius 2 is 0.895 bits per heavy atom. The van der Waals surface area contributed by atoms with Crippen LogP contribution in [0.1, 0.15) is 82.1 Å². The SMILES string of the molecule is CC(C)C[C@H](O[C@H](CC(C)C)C(C)(C)C)C(C)(C)C. The highest BCUT2D eigenvalue weighted by atomic mass is 16.5. The highest BCUT2D eigenvalue weighted by Crippen LogP contribution is 2.35. The second kappa shape index (κ2) is 7.11. The van der Waals surface area contributed by atoms with Gasteiger partial charge in [0.2, 0.25) is 0 Å². The van der Waals surface area contributed by atoms with Crippen molar-refractivity contribution in [3.8, 4) is 0 Å². The van der Waals surface area contributed by atoms with Crippen molar-refractivity contribution >= 4 is 0 Å². The summed E-state index contributed by atoms with van der Waals surface area (Å²) in [4.78, 5) is 0. The first-order valence-corrected chi connectivity index (χ1v) is 7.99. The molecule has 0 radical (unpaired) electrons. The van der Waals surface area contributed by atoms with Gasteiger partial charge in [-0.2, -0.15) is 0 Å². The summed E-state index contributed by atoms with van der Waals surface area (Å²) in [5, 5.41) is 0. The summed E-state index contributed by atoms with van der Waals surface area (Å²) >= 11 is 0. The van der Waals surface area contributed by atoms with Gasteiger partial charge in [0.05, 0.1) is 12.2 Å². The lowest BCUT2D eigenvalue weighted by molar-refractivity contribution is -0.120. The molecule has 2 atom stereocenters. The minimum Gasteiger partial charge on any atom is -0.374 e. The van der Waals surface area contributed by atoms with E-state index in [9.17, 15) is 0 Å². The molecule has 19 heavy (non-hydrogen) atoms. The molecule has 0 aromatic heterocycles. The third-order valence-corrected chi connectivity index (χ3v) is 3.63. The maximum absolute atomic E-state index is 6.60. The smallest absolute Gasteiger partial charge is 0.0629 e. The van der Waals surface area contributed by atoms with Crippen molar-refractivity contribution in [2.24, 2.45) is 22.7 Å². The van der Waals surface area contributed by atoms with E-state index in [1.165, 1.54) is 0 Å². The van der Waals surface area contributed by atoms with Crippen LogP contribution in [0.3, 0.4) is 0 Å². The Bertz CT molecular complexity index is 213. The zero-order valence-corrected chi connectivity index (χ0v) is 15.1. The molecule has 0 spiro atoms. The van der Waals surface area contributed by atoms with E-state index >= 15 is 0 Å². The topological polar surface area (TPSA) is 9.23 Å². The van der Waals surface area contributed by atoms with Crippen molar-refractivity contribution in [2.45, 2.75) is 94.3 Å². The van der Waals surface area contributed by atoms with Crippen LogP contribution in [0.25, 0.3) is 0 Å². The van der Waals surface area contributed by atoms with E-state index in [0.717, 1.165) is 12.8 Å². The number of hydrogen-bond donors (Lipinski definition) is 0. The lowest BCUT2D eigenvalue weighted by atomic mass is 9.81. The number of ether oxygens (including phenoxy) is 1. The van der Waals surface area contributed by atoms with Crippen LogP contribution >= 0.6 is 0 Å². The summed E-state index contributed by atoms with van der Waals surface area (Å²) in [5.41, 5.74) is 0.426. The van der Waals surface area contributed by atoms with Crippen molar-refractivity contribution in [3.63, 3.8) is 0 Å². The van der Waals surface area contributed by atoms with Crippen LogP contribution in [-0.2, 0) is 4.74 Å². The normalized spacial score (nSPS) is 17.1. The van der Waals surface area contributed by atoms with Crippen LogP contribution in [0.15, 0.2) is 0 Å². The fraction of sp³-hybridized carbons (Fsp3) is 1.00.